The third kappa shape index (κ3) is 6.33. The number of fused-ring (bicyclic) bond motifs is 1. The van der Waals surface area contributed by atoms with Crippen LogP contribution in [0, 0.1) is 5.82 Å². The number of likely N-dealkylation sites (N-methyl/N-ethyl adjacent to an activating group) is 1. The second-order valence-electron chi connectivity index (χ2n) is 8.38. The lowest BCUT2D eigenvalue weighted by Crippen LogP contribution is -2.45. The zero-order chi connectivity index (χ0) is 24.6. The van der Waals surface area contributed by atoms with E-state index in [1.807, 2.05) is 25.2 Å². The number of nitrogens with zero attached hydrogens (tertiary/aromatic N) is 2. The van der Waals surface area contributed by atoms with Gasteiger partial charge in [0.15, 0.2) is 11.5 Å². The van der Waals surface area contributed by atoms with Gasteiger partial charge in [0.05, 0.1) is 5.69 Å². The number of hydrogen-bond acceptors (Lipinski definition) is 4. The number of ether oxygens (including phenoxy) is 1. The van der Waals surface area contributed by atoms with Gasteiger partial charge in [0.2, 0.25) is 5.91 Å². The lowest BCUT2D eigenvalue weighted by Gasteiger charge is -2.30. The molecule has 3 aromatic carbocycles. The van der Waals surface area contributed by atoms with Gasteiger partial charge in [-0.25, -0.2) is 4.39 Å². The lowest BCUT2D eigenvalue weighted by molar-refractivity contribution is -0.123. The molecule has 1 aliphatic rings. The highest BCUT2D eigenvalue weighted by atomic mass is 19.1. The zero-order valence-corrected chi connectivity index (χ0v) is 19.6. The molecule has 0 fully saturated rings. The van der Waals surface area contributed by atoms with E-state index in [0.29, 0.717) is 24.5 Å². The third-order valence-corrected chi connectivity index (χ3v) is 5.77. The Morgan fingerprint density at radius 3 is 2.51 bits per heavy atom. The van der Waals surface area contributed by atoms with Crippen molar-refractivity contribution in [2.24, 2.45) is 0 Å². The van der Waals surface area contributed by atoms with Crippen LogP contribution in [0.1, 0.15) is 11.1 Å². The quantitative estimate of drug-likeness (QED) is 0.479. The molecule has 1 aliphatic heterocycles. The van der Waals surface area contributed by atoms with E-state index < -0.39 is 11.7 Å². The van der Waals surface area contributed by atoms with Crippen molar-refractivity contribution in [1.29, 1.82) is 0 Å². The van der Waals surface area contributed by atoms with Gasteiger partial charge < -0.3 is 15.0 Å². The summed E-state index contributed by atoms with van der Waals surface area (Å²) < 4.78 is 19.9. The number of rotatable bonds is 9. The molecule has 0 saturated heterocycles. The molecule has 6 nitrogen and oxygen atoms in total. The fraction of sp³-hybridized carbons (Fsp3) is 0.214. The van der Waals surface area contributed by atoms with Crippen LogP contribution in [0.3, 0.4) is 0 Å². The van der Waals surface area contributed by atoms with E-state index >= 15 is 0 Å². The standard InChI is InChI=1S/C28H28FN3O3/c1-31(17-15-21-9-3-2-4-10-21)18-16-30-27(33)20-32-24-13-7-8-14-25(24)35-26(28(32)34)19-22-11-5-6-12-23(22)29/h2-14,19H,15-18,20H2,1H3,(H,30,33)/b26-19+. The monoisotopic (exact) mass is 473 g/mol. The number of carbonyl (C=O) groups excluding carboxylic acids is 2. The molecule has 1 N–H and O–H groups in total. The van der Waals surface area contributed by atoms with Crippen molar-refractivity contribution in [3.8, 4) is 5.75 Å². The van der Waals surface area contributed by atoms with Crippen molar-refractivity contribution in [2.45, 2.75) is 6.42 Å². The Bertz CT molecular complexity index is 1210. The lowest BCUT2D eigenvalue weighted by atomic mass is 10.1. The highest BCUT2D eigenvalue weighted by Gasteiger charge is 2.31. The number of halogens is 1. The van der Waals surface area contributed by atoms with Gasteiger partial charge in [-0.1, -0.05) is 60.7 Å². The normalized spacial score (nSPS) is 14.1. The molecular weight excluding hydrogens is 445 g/mol. The Morgan fingerprint density at radius 1 is 1.00 bits per heavy atom. The summed E-state index contributed by atoms with van der Waals surface area (Å²) in [4.78, 5) is 29.4. The zero-order valence-electron chi connectivity index (χ0n) is 19.6. The molecular formula is C28H28FN3O3. The van der Waals surface area contributed by atoms with Crippen molar-refractivity contribution in [2.75, 3.05) is 38.1 Å². The molecule has 0 bridgehead atoms. The average Bonchev–Trinajstić information content (AvgIpc) is 2.87. The van der Waals surface area contributed by atoms with Crippen LogP contribution in [0.4, 0.5) is 10.1 Å². The van der Waals surface area contributed by atoms with E-state index in [1.54, 1.807) is 42.5 Å². The van der Waals surface area contributed by atoms with E-state index in [-0.39, 0.29) is 23.8 Å². The van der Waals surface area contributed by atoms with Crippen molar-refractivity contribution in [1.82, 2.24) is 10.2 Å². The Hall–Kier alpha value is -3.97. The van der Waals surface area contributed by atoms with E-state index in [4.69, 9.17) is 4.74 Å². The van der Waals surface area contributed by atoms with Gasteiger partial charge in [0.1, 0.15) is 12.4 Å². The summed E-state index contributed by atoms with van der Waals surface area (Å²) in [5.74, 6) is -0.847. The minimum absolute atomic E-state index is 0.0396. The van der Waals surface area contributed by atoms with E-state index in [1.165, 1.54) is 22.6 Å². The van der Waals surface area contributed by atoms with Gasteiger partial charge in [-0.05, 0) is 43.3 Å². The number of para-hydroxylation sites is 2. The minimum atomic E-state index is -0.498. The average molecular weight is 474 g/mol. The van der Waals surface area contributed by atoms with Gasteiger partial charge in [-0.15, -0.1) is 0 Å². The largest absolute Gasteiger partial charge is 0.449 e. The summed E-state index contributed by atoms with van der Waals surface area (Å²) in [5.41, 5.74) is 2.00. The third-order valence-electron chi connectivity index (χ3n) is 5.77. The number of hydrogen-bond donors (Lipinski definition) is 1. The van der Waals surface area contributed by atoms with Crippen molar-refractivity contribution >= 4 is 23.6 Å². The first-order chi connectivity index (χ1) is 17.0. The van der Waals surface area contributed by atoms with Crippen LogP contribution in [0.5, 0.6) is 5.75 Å². The first kappa shape index (κ1) is 24.2. The molecule has 1 heterocycles. The molecule has 4 rings (SSSR count). The fourth-order valence-corrected chi connectivity index (χ4v) is 3.81. The Kier molecular flexibility index (Phi) is 7.90. The van der Waals surface area contributed by atoms with Crippen LogP contribution in [0.25, 0.3) is 6.08 Å². The first-order valence-corrected chi connectivity index (χ1v) is 11.6. The van der Waals surface area contributed by atoms with Gasteiger partial charge >= 0.3 is 0 Å². The fourth-order valence-electron chi connectivity index (χ4n) is 3.81. The second kappa shape index (κ2) is 11.4. The molecule has 2 amide bonds. The predicted molar refractivity (Wildman–Crippen MR) is 134 cm³/mol. The van der Waals surface area contributed by atoms with E-state index in [9.17, 15) is 14.0 Å². The van der Waals surface area contributed by atoms with Crippen LogP contribution < -0.4 is 15.0 Å². The SMILES string of the molecule is CN(CCNC(=O)CN1C(=O)/C(=C\c2ccccc2F)Oc2ccccc21)CCc1ccccc1. The van der Waals surface area contributed by atoms with Crippen molar-refractivity contribution in [3.63, 3.8) is 0 Å². The van der Waals surface area contributed by atoms with Crippen molar-refractivity contribution < 1.29 is 18.7 Å². The summed E-state index contributed by atoms with van der Waals surface area (Å²) in [5, 5.41) is 2.89. The Labute approximate surface area is 204 Å². The molecule has 0 aromatic heterocycles. The van der Waals surface area contributed by atoms with Gasteiger partial charge in [-0.2, -0.15) is 0 Å². The van der Waals surface area contributed by atoms with Crippen LogP contribution in [0.2, 0.25) is 0 Å². The van der Waals surface area contributed by atoms with Gasteiger partial charge in [0, 0.05) is 25.2 Å². The molecule has 0 spiro atoms. The van der Waals surface area contributed by atoms with E-state index in [2.05, 4.69) is 22.3 Å². The van der Waals surface area contributed by atoms with Gasteiger partial charge in [0.25, 0.3) is 5.91 Å². The summed E-state index contributed by atoms with van der Waals surface area (Å²) in [7, 11) is 2.01. The summed E-state index contributed by atoms with van der Waals surface area (Å²) in [6.45, 7) is 1.85. The number of benzene rings is 3. The molecule has 180 valence electrons. The number of carbonyl (C=O) groups is 2. The molecule has 0 radical (unpaired) electrons. The molecule has 0 unspecified atom stereocenters. The van der Waals surface area contributed by atoms with E-state index in [0.717, 1.165) is 13.0 Å². The van der Waals surface area contributed by atoms with Crippen molar-refractivity contribution in [3.05, 3.63) is 102 Å². The maximum Gasteiger partial charge on any atom is 0.294 e. The first-order valence-electron chi connectivity index (χ1n) is 11.6. The summed E-state index contributed by atoms with van der Waals surface area (Å²) >= 11 is 0. The smallest absolute Gasteiger partial charge is 0.294 e. The molecule has 0 atom stereocenters. The highest BCUT2D eigenvalue weighted by Crippen LogP contribution is 2.35. The molecule has 35 heavy (non-hydrogen) atoms. The van der Waals surface area contributed by atoms with Crippen LogP contribution >= 0.6 is 0 Å². The minimum Gasteiger partial charge on any atom is -0.449 e. The highest BCUT2D eigenvalue weighted by molar-refractivity contribution is 6.12. The van der Waals surface area contributed by atoms with Crippen LogP contribution in [0.15, 0.2) is 84.6 Å². The maximum absolute atomic E-state index is 14.1. The van der Waals surface area contributed by atoms with Crippen LogP contribution in [-0.2, 0) is 16.0 Å². The van der Waals surface area contributed by atoms with Gasteiger partial charge in [-0.3, -0.25) is 14.5 Å². The maximum atomic E-state index is 14.1. The summed E-state index contributed by atoms with van der Waals surface area (Å²) in [6.07, 6.45) is 2.29. The number of anilines is 1. The molecule has 0 aliphatic carbocycles. The molecule has 3 aromatic rings. The summed E-state index contributed by atoms with van der Waals surface area (Å²) in [6, 6.07) is 23.4. The predicted octanol–water partition coefficient (Wildman–Crippen LogP) is 3.88. The molecule has 0 saturated carbocycles. The second-order valence-corrected chi connectivity index (χ2v) is 8.38. The number of nitrogens with one attached hydrogen (secondary N) is 1. The Balaban J connectivity index is 1.36. The topological polar surface area (TPSA) is 61.9 Å². The number of amides is 2. The Morgan fingerprint density at radius 2 is 1.71 bits per heavy atom. The molecule has 7 heteroatoms. The van der Waals surface area contributed by atoms with Crippen LogP contribution in [-0.4, -0.2) is 49.9 Å².